The maximum atomic E-state index is 13.0. The number of rotatable bonds is 3. The molecule has 1 fully saturated rings. The molecule has 0 bridgehead atoms. The van der Waals surface area contributed by atoms with Gasteiger partial charge in [-0.1, -0.05) is 61.4 Å². The van der Waals surface area contributed by atoms with Crippen LogP contribution in [0.2, 0.25) is 0 Å². The lowest BCUT2D eigenvalue weighted by Gasteiger charge is -2.28. The minimum Gasteiger partial charge on any atom is -0.331 e. The summed E-state index contributed by atoms with van der Waals surface area (Å²) in [6.45, 7) is 0.775. The van der Waals surface area contributed by atoms with E-state index in [1.807, 2.05) is 23.1 Å². The van der Waals surface area contributed by atoms with Crippen LogP contribution in [-0.4, -0.2) is 12.6 Å². The van der Waals surface area contributed by atoms with Gasteiger partial charge < -0.3 is 5.32 Å². The van der Waals surface area contributed by atoms with Crippen LogP contribution >= 0.6 is 0 Å². The van der Waals surface area contributed by atoms with Gasteiger partial charge in [0, 0.05) is 12.2 Å². The van der Waals surface area contributed by atoms with Crippen LogP contribution < -0.4 is 10.2 Å². The van der Waals surface area contributed by atoms with Gasteiger partial charge in [0.15, 0.2) is 0 Å². The molecule has 3 nitrogen and oxygen atoms in total. The monoisotopic (exact) mass is 320 g/mol. The van der Waals surface area contributed by atoms with Crippen molar-refractivity contribution in [3.8, 4) is 0 Å². The zero-order valence-electron chi connectivity index (χ0n) is 13.9. The third-order valence-electron chi connectivity index (χ3n) is 5.44. The summed E-state index contributed by atoms with van der Waals surface area (Å²) in [5, 5.41) is 3.35. The van der Waals surface area contributed by atoms with E-state index in [1.54, 1.807) is 0 Å². The second-order valence-corrected chi connectivity index (χ2v) is 6.91. The summed E-state index contributed by atoms with van der Waals surface area (Å²) in [5.74, 6) is 0.550. The van der Waals surface area contributed by atoms with Gasteiger partial charge in [-0.25, -0.2) is 4.79 Å². The van der Waals surface area contributed by atoms with Crippen LogP contribution in [0.4, 0.5) is 10.5 Å². The lowest BCUT2D eigenvalue weighted by atomic mass is 9.92. The van der Waals surface area contributed by atoms with Crippen molar-refractivity contribution in [3.63, 3.8) is 0 Å². The van der Waals surface area contributed by atoms with Gasteiger partial charge in [0.05, 0.1) is 6.04 Å². The fourth-order valence-electron chi connectivity index (χ4n) is 4.18. The fourth-order valence-corrected chi connectivity index (χ4v) is 4.18. The topological polar surface area (TPSA) is 32.3 Å². The molecule has 2 aromatic rings. The molecular weight excluding hydrogens is 296 g/mol. The quantitative estimate of drug-likeness (QED) is 0.874. The van der Waals surface area contributed by atoms with Crippen LogP contribution in [0.1, 0.15) is 42.9 Å². The minimum absolute atomic E-state index is 0.0423. The van der Waals surface area contributed by atoms with E-state index in [4.69, 9.17) is 0 Å². The molecule has 1 N–H and O–H groups in total. The molecular formula is C21H24N2O. The summed E-state index contributed by atoms with van der Waals surface area (Å²) in [6, 6.07) is 18.8. The van der Waals surface area contributed by atoms with Gasteiger partial charge in [-0.05, 0) is 42.4 Å². The van der Waals surface area contributed by atoms with Crippen molar-refractivity contribution in [3.05, 3.63) is 65.7 Å². The third-order valence-corrected chi connectivity index (χ3v) is 5.44. The Hall–Kier alpha value is -2.29. The van der Waals surface area contributed by atoms with Gasteiger partial charge in [-0.15, -0.1) is 0 Å². The molecule has 0 spiro atoms. The number of nitrogens with one attached hydrogen (secondary N) is 1. The predicted molar refractivity (Wildman–Crippen MR) is 97.2 cm³/mol. The highest BCUT2D eigenvalue weighted by Gasteiger charge is 2.31. The van der Waals surface area contributed by atoms with Gasteiger partial charge in [-0.2, -0.15) is 0 Å². The van der Waals surface area contributed by atoms with Gasteiger partial charge in [-0.3, -0.25) is 4.90 Å². The fraction of sp³-hybridized carbons (Fsp3) is 0.381. The number of benzene rings is 2. The van der Waals surface area contributed by atoms with E-state index < -0.39 is 0 Å². The number of anilines is 1. The standard InChI is InChI=1S/C21H24N2O/c24-21(23-15-14-16-8-6-7-13-19(16)23)22-20(18-11-4-5-12-18)17-9-2-1-3-10-17/h1-3,6-10,13,18,20H,4-5,11-12,14-15H2,(H,22,24). The number of hydrogen-bond donors (Lipinski definition) is 1. The average molecular weight is 320 g/mol. The molecule has 4 rings (SSSR count). The predicted octanol–water partition coefficient (Wildman–Crippen LogP) is 4.69. The zero-order valence-corrected chi connectivity index (χ0v) is 13.9. The van der Waals surface area contributed by atoms with Gasteiger partial charge in [0.1, 0.15) is 0 Å². The van der Waals surface area contributed by atoms with Crippen molar-refractivity contribution in [2.75, 3.05) is 11.4 Å². The molecule has 2 amide bonds. The Morgan fingerprint density at radius 1 is 1.00 bits per heavy atom. The smallest absolute Gasteiger partial charge is 0.322 e. The summed E-state index contributed by atoms with van der Waals surface area (Å²) < 4.78 is 0. The van der Waals surface area contributed by atoms with Crippen molar-refractivity contribution in [1.29, 1.82) is 0 Å². The van der Waals surface area contributed by atoms with Crippen LogP contribution in [0, 0.1) is 5.92 Å². The molecule has 0 saturated heterocycles. The number of urea groups is 1. The van der Waals surface area contributed by atoms with Crippen LogP contribution in [0.3, 0.4) is 0 Å². The number of nitrogens with zero attached hydrogens (tertiary/aromatic N) is 1. The Morgan fingerprint density at radius 3 is 2.50 bits per heavy atom. The summed E-state index contributed by atoms with van der Waals surface area (Å²) in [5.41, 5.74) is 3.56. The highest BCUT2D eigenvalue weighted by Crippen LogP contribution is 2.36. The Labute approximate surface area is 143 Å². The maximum absolute atomic E-state index is 13.0. The Bertz CT molecular complexity index is 707. The lowest BCUT2D eigenvalue weighted by Crippen LogP contribution is -2.42. The van der Waals surface area contributed by atoms with E-state index in [9.17, 15) is 4.79 Å². The molecule has 1 aliphatic heterocycles. The van der Waals surface area contributed by atoms with Crippen LogP contribution in [0.25, 0.3) is 0 Å². The first-order valence-corrected chi connectivity index (χ1v) is 9.04. The number of carbonyl (C=O) groups excluding carboxylic acids is 1. The van der Waals surface area contributed by atoms with E-state index in [1.165, 1.54) is 36.8 Å². The first-order valence-electron chi connectivity index (χ1n) is 9.04. The van der Waals surface area contributed by atoms with Crippen molar-refractivity contribution in [1.82, 2.24) is 5.32 Å². The second kappa shape index (κ2) is 6.68. The molecule has 1 unspecified atom stereocenters. The molecule has 3 heteroatoms. The number of fused-ring (bicyclic) bond motifs is 1. The van der Waals surface area contributed by atoms with Crippen molar-refractivity contribution < 1.29 is 4.79 Å². The van der Waals surface area contributed by atoms with Crippen LogP contribution in [0.5, 0.6) is 0 Å². The zero-order chi connectivity index (χ0) is 16.4. The molecule has 24 heavy (non-hydrogen) atoms. The summed E-state index contributed by atoms with van der Waals surface area (Å²) in [4.78, 5) is 14.9. The van der Waals surface area contributed by atoms with E-state index in [0.29, 0.717) is 5.92 Å². The van der Waals surface area contributed by atoms with Crippen molar-refractivity contribution in [2.24, 2.45) is 5.92 Å². The molecule has 1 atom stereocenters. The van der Waals surface area contributed by atoms with Crippen molar-refractivity contribution >= 4 is 11.7 Å². The van der Waals surface area contributed by atoms with E-state index in [0.717, 1.165) is 18.7 Å². The first kappa shape index (κ1) is 15.3. The van der Waals surface area contributed by atoms with Crippen LogP contribution in [0.15, 0.2) is 54.6 Å². The average Bonchev–Trinajstić information content (AvgIpc) is 3.30. The molecule has 1 saturated carbocycles. The highest BCUT2D eigenvalue weighted by molar-refractivity contribution is 5.94. The van der Waals surface area contributed by atoms with Gasteiger partial charge in [0.2, 0.25) is 0 Å². The summed E-state index contributed by atoms with van der Waals surface area (Å²) >= 11 is 0. The minimum atomic E-state index is 0.0423. The largest absolute Gasteiger partial charge is 0.331 e. The van der Waals surface area contributed by atoms with E-state index in [-0.39, 0.29) is 12.1 Å². The van der Waals surface area contributed by atoms with E-state index in [2.05, 4.69) is 41.7 Å². The number of hydrogen-bond acceptors (Lipinski definition) is 1. The normalized spacial score (nSPS) is 18.4. The molecule has 0 radical (unpaired) electrons. The van der Waals surface area contributed by atoms with Gasteiger partial charge in [0.25, 0.3) is 0 Å². The summed E-state index contributed by atoms with van der Waals surface area (Å²) in [7, 11) is 0. The van der Waals surface area contributed by atoms with Crippen LogP contribution in [-0.2, 0) is 6.42 Å². The first-order chi connectivity index (χ1) is 11.8. The molecule has 0 aromatic heterocycles. The molecule has 124 valence electrons. The molecule has 2 aromatic carbocycles. The summed E-state index contributed by atoms with van der Waals surface area (Å²) in [6.07, 6.45) is 5.91. The second-order valence-electron chi connectivity index (χ2n) is 6.91. The Kier molecular flexibility index (Phi) is 4.24. The molecule has 1 aliphatic carbocycles. The Morgan fingerprint density at radius 2 is 1.71 bits per heavy atom. The number of para-hydroxylation sites is 1. The van der Waals surface area contributed by atoms with Gasteiger partial charge >= 0.3 is 6.03 Å². The number of amides is 2. The number of carbonyl (C=O) groups is 1. The maximum Gasteiger partial charge on any atom is 0.322 e. The van der Waals surface area contributed by atoms with Crippen molar-refractivity contribution in [2.45, 2.75) is 38.1 Å². The Balaban J connectivity index is 1.55. The molecule has 2 aliphatic rings. The van der Waals surface area contributed by atoms with E-state index >= 15 is 0 Å². The molecule has 1 heterocycles. The highest BCUT2D eigenvalue weighted by atomic mass is 16.2. The lowest BCUT2D eigenvalue weighted by molar-refractivity contribution is 0.237. The SMILES string of the molecule is O=C(NC(c1ccccc1)C1CCCC1)N1CCc2ccccc21. The third kappa shape index (κ3) is 2.91.